The summed E-state index contributed by atoms with van der Waals surface area (Å²) in [5.41, 5.74) is 0.691. The van der Waals surface area contributed by atoms with Crippen molar-refractivity contribution in [2.24, 2.45) is 0 Å². The predicted octanol–water partition coefficient (Wildman–Crippen LogP) is 3.28. The van der Waals surface area contributed by atoms with Crippen LogP contribution < -0.4 is 4.74 Å². The van der Waals surface area contributed by atoms with E-state index in [0.717, 1.165) is 30.4 Å². The molecule has 1 fully saturated rings. The average Bonchev–Trinajstić information content (AvgIpc) is 2.47. The van der Waals surface area contributed by atoms with Gasteiger partial charge in [0.2, 0.25) is 0 Å². The van der Waals surface area contributed by atoms with Crippen LogP contribution in [-0.2, 0) is 4.79 Å². The highest BCUT2D eigenvalue weighted by atomic mass is 79.9. The molecule has 116 valence electrons. The highest BCUT2D eigenvalue weighted by Crippen LogP contribution is 2.29. The average molecular weight is 356 g/mol. The van der Waals surface area contributed by atoms with Gasteiger partial charge < -0.3 is 14.7 Å². The Balaban J connectivity index is 2.09. The number of ether oxygens (including phenoxy) is 1. The second-order valence-corrected chi connectivity index (χ2v) is 6.42. The molecule has 1 aromatic carbocycles. The zero-order valence-corrected chi connectivity index (χ0v) is 14.1. The van der Waals surface area contributed by atoms with E-state index < -0.39 is 12.2 Å². The lowest BCUT2D eigenvalue weighted by Crippen LogP contribution is -2.43. The maximum Gasteiger partial charge on any atom is 0.263 e. The summed E-state index contributed by atoms with van der Waals surface area (Å²) in [5.74, 6) is 0.573. The van der Waals surface area contributed by atoms with Crippen LogP contribution in [0.3, 0.4) is 0 Å². The molecule has 1 aromatic rings. The number of aliphatic hydroxyl groups excluding tert-OH is 1. The van der Waals surface area contributed by atoms with Crippen molar-refractivity contribution < 1.29 is 14.6 Å². The summed E-state index contributed by atoms with van der Waals surface area (Å²) in [6, 6.07) is 5.45. The lowest BCUT2D eigenvalue weighted by molar-refractivity contribution is -0.138. The van der Waals surface area contributed by atoms with Gasteiger partial charge in [0.15, 0.2) is 6.10 Å². The summed E-state index contributed by atoms with van der Waals surface area (Å²) in [6.07, 6.45) is 2.14. The number of likely N-dealkylation sites (tertiary alicyclic amines) is 1. The smallest absolute Gasteiger partial charge is 0.263 e. The lowest BCUT2D eigenvalue weighted by atomic mass is 10.1. The highest BCUT2D eigenvalue weighted by Gasteiger charge is 2.24. The maximum atomic E-state index is 12.4. The van der Waals surface area contributed by atoms with E-state index in [1.807, 2.05) is 17.0 Å². The second-order valence-electron chi connectivity index (χ2n) is 5.50. The van der Waals surface area contributed by atoms with Gasteiger partial charge >= 0.3 is 0 Å². The fourth-order valence-electron chi connectivity index (χ4n) is 2.57. The molecular weight excluding hydrogens is 334 g/mol. The molecule has 1 N–H and O–H groups in total. The molecule has 1 heterocycles. The number of nitrogens with zero attached hydrogens (tertiary/aromatic N) is 1. The Labute approximate surface area is 134 Å². The third kappa shape index (κ3) is 4.20. The Kier molecular flexibility index (Phi) is 5.65. The van der Waals surface area contributed by atoms with Gasteiger partial charge in [0.1, 0.15) is 5.75 Å². The molecule has 4 nitrogen and oxygen atoms in total. The number of benzene rings is 1. The first kappa shape index (κ1) is 16.3. The van der Waals surface area contributed by atoms with Crippen molar-refractivity contribution in [3.8, 4) is 5.75 Å². The third-order valence-corrected chi connectivity index (χ3v) is 4.24. The molecule has 1 amide bonds. The van der Waals surface area contributed by atoms with Crippen molar-refractivity contribution >= 4 is 21.8 Å². The number of carbonyl (C=O) groups is 1. The summed E-state index contributed by atoms with van der Waals surface area (Å²) in [7, 11) is 0. The topological polar surface area (TPSA) is 49.8 Å². The van der Waals surface area contributed by atoms with E-state index >= 15 is 0 Å². The third-order valence-electron chi connectivity index (χ3n) is 3.74. The Morgan fingerprint density at radius 3 is 2.57 bits per heavy atom. The van der Waals surface area contributed by atoms with Crippen molar-refractivity contribution in [1.29, 1.82) is 0 Å². The molecule has 5 heteroatoms. The van der Waals surface area contributed by atoms with E-state index in [1.165, 1.54) is 6.42 Å². The van der Waals surface area contributed by atoms with Gasteiger partial charge in [0.25, 0.3) is 5.91 Å². The van der Waals surface area contributed by atoms with Crippen LogP contribution in [0.15, 0.2) is 22.7 Å². The second kappa shape index (κ2) is 7.27. The van der Waals surface area contributed by atoms with Crippen LogP contribution in [0.5, 0.6) is 5.75 Å². The lowest BCUT2D eigenvalue weighted by Gasteiger charge is -2.29. The Morgan fingerprint density at radius 2 is 1.95 bits per heavy atom. The molecular formula is C16H22BrNO3. The number of rotatable bonds is 4. The zero-order valence-electron chi connectivity index (χ0n) is 12.5. The van der Waals surface area contributed by atoms with Gasteiger partial charge in [-0.15, -0.1) is 0 Å². The van der Waals surface area contributed by atoms with Crippen LogP contribution in [-0.4, -0.2) is 35.1 Å². The van der Waals surface area contributed by atoms with Crippen LogP contribution in [0, 0.1) is 0 Å². The highest BCUT2D eigenvalue weighted by molar-refractivity contribution is 9.10. The Hall–Kier alpha value is -1.07. The van der Waals surface area contributed by atoms with E-state index in [0.29, 0.717) is 11.3 Å². The number of amides is 1. The summed E-state index contributed by atoms with van der Waals surface area (Å²) < 4.78 is 6.68. The van der Waals surface area contributed by atoms with Crippen molar-refractivity contribution in [1.82, 2.24) is 4.90 Å². The van der Waals surface area contributed by atoms with Gasteiger partial charge in [-0.3, -0.25) is 4.79 Å². The molecule has 0 radical (unpaired) electrons. The predicted molar refractivity (Wildman–Crippen MR) is 85.3 cm³/mol. The molecule has 1 saturated heterocycles. The summed E-state index contributed by atoms with van der Waals surface area (Å²) in [4.78, 5) is 14.3. The molecule has 2 atom stereocenters. The van der Waals surface area contributed by atoms with Crippen molar-refractivity contribution in [3.05, 3.63) is 28.2 Å². The first-order valence-electron chi connectivity index (χ1n) is 7.42. The first-order valence-corrected chi connectivity index (χ1v) is 8.21. The maximum absolute atomic E-state index is 12.4. The molecule has 0 aliphatic carbocycles. The van der Waals surface area contributed by atoms with Crippen LogP contribution in [0.25, 0.3) is 0 Å². The van der Waals surface area contributed by atoms with E-state index in [1.54, 1.807) is 19.9 Å². The quantitative estimate of drug-likeness (QED) is 0.901. The SMILES string of the molecule is CC(Oc1cc(Br)ccc1C(C)O)C(=O)N1CCCCC1. The van der Waals surface area contributed by atoms with Crippen molar-refractivity contribution in [2.75, 3.05) is 13.1 Å². The van der Waals surface area contributed by atoms with Gasteiger partial charge in [-0.25, -0.2) is 0 Å². The minimum absolute atomic E-state index is 0.0196. The fraction of sp³-hybridized carbons (Fsp3) is 0.562. The van der Waals surface area contributed by atoms with E-state index in [2.05, 4.69) is 15.9 Å². The van der Waals surface area contributed by atoms with Crippen molar-refractivity contribution in [3.63, 3.8) is 0 Å². The molecule has 1 aliphatic rings. The number of piperidine rings is 1. The summed E-state index contributed by atoms with van der Waals surface area (Å²) in [5, 5.41) is 9.80. The number of aliphatic hydroxyl groups is 1. The number of hydrogen-bond donors (Lipinski definition) is 1. The monoisotopic (exact) mass is 355 g/mol. The molecule has 21 heavy (non-hydrogen) atoms. The molecule has 2 unspecified atom stereocenters. The fourth-order valence-corrected chi connectivity index (χ4v) is 2.91. The number of hydrogen-bond acceptors (Lipinski definition) is 3. The first-order chi connectivity index (χ1) is 9.99. The van der Waals surface area contributed by atoms with Crippen LogP contribution >= 0.6 is 15.9 Å². The van der Waals surface area contributed by atoms with E-state index in [4.69, 9.17) is 4.74 Å². The molecule has 0 bridgehead atoms. The molecule has 1 aliphatic heterocycles. The molecule has 0 spiro atoms. The van der Waals surface area contributed by atoms with E-state index in [9.17, 15) is 9.90 Å². The molecule has 0 saturated carbocycles. The van der Waals surface area contributed by atoms with Gasteiger partial charge in [-0.05, 0) is 45.2 Å². The zero-order chi connectivity index (χ0) is 15.4. The van der Waals surface area contributed by atoms with Gasteiger partial charge in [-0.1, -0.05) is 22.0 Å². The van der Waals surface area contributed by atoms with E-state index in [-0.39, 0.29) is 5.91 Å². The summed E-state index contributed by atoms with van der Waals surface area (Å²) in [6.45, 7) is 5.08. The van der Waals surface area contributed by atoms with Crippen LogP contribution in [0.2, 0.25) is 0 Å². The van der Waals surface area contributed by atoms with Crippen LogP contribution in [0.1, 0.15) is 44.8 Å². The largest absolute Gasteiger partial charge is 0.480 e. The minimum atomic E-state index is -0.634. The van der Waals surface area contributed by atoms with Gasteiger partial charge in [0, 0.05) is 23.1 Å². The standard InChI is InChI=1S/C16H22BrNO3/c1-11(19)14-7-6-13(17)10-15(14)21-12(2)16(20)18-8-4-3-5-9-18/h6-7,10-12,19H,3-5,8-9H2,1-2H3. The van der Waals surface area contributed by atoms with Crippen LogP contribution in [0.4, 0.5) is 0 Å². The Morgan fingerprint density at radius 1 is 1.29 bits per heavy atom. The normalized spacial score (nSPS) is 18.2. The number of halogens is 1. The Bertz CT molecular complexity index is 498. The van der Waals surface area contributed by atoms with Gasteiger partial charge in [0.05, 0.1) is 6.10 Å². The summed E-state index contributed by atoms with van der Waals surface area (Å²) >= 11 is 3.39. The number of carbonyl (C=O) groups excluding carboxylic acids is 1. The molecule has 0 aromatic heterocycles. The molecule has 2 rings (SSSR count). The minimum Gasteiger partial charge on any atom is -0.480 e. The van der Waals surface area contributed by atoms with Gasteiger partial charge in [-0.2, -0.15) is 0 Å². The van der Waals surface area contributed by atoms with Crippen molar-refractivity contribution in [2.45, 2.75) is 45.3 Å².